The molecule has 3 aliphatic rings. The fourth-order valence-electron chi connectivity index (χ4n) is 5.74. The standard InChI is InChI=1S/C25H27F7N8O2/c1-23(26,27)20-37-38-21(42-20)36-18(12-4-6-24(28,29)7-5-12)15-10-40-17(34-15)8-14(9-33-40)19(13-2-3-13)39-11-16(25(30,31)32)35-22(39)41/h8-10,12-13,16,18-19H,2-7,11H2,1H3,(H,35,41)(H,36,38)/t16-,18-,19+/m0/s1. The van der Waals surface area contributed by atoms with Crippen LogP contribution >= 0.6 is 0 Å². The number of aromatic nitrogens is 5. The molecular formula is C25H27F7N8O2. The van der Waals surface area contributed by atoms with Gasteiger partial charge in [0.25, 0.3) is 5.89 Å². The maximum atomic E-state index is 13.9. The number of carbonyl (C=O) groups excluding carboxylic acids is 1. The number of carbonyl (C=O) groups is 1. The highest BCUT2D eigenvalue weighted by Crippen LogP contribution is 2.46. The van der Waals surface area contributed by atoms with Crippen LogP contribution in [-0.4, -0.2) is 60.4 Å². The van der Waals surface area contributed by atoms with Crippen molar-refractivity contribution in [1.82, 2.24) is 35.0 Å². The molecule has 0 spiro atoms. The number of nitrogens with zero attached hydrogens (tertiary/aromatic N) is 6. The molecule has 2 saturated carbocycles. The number of urea groups is 1. The van der Waals surface area contributed by atoms with Gasteiger partial charge in [-0.3, -0.25) is 0 Å². The number of halogens is 7. The van der Waals surface area contributed by atoms with Crippen molar-refractivity contribution in [2.75, 3.05) is 11.9 Å². The van der Waals surface area contributed by atoms with Gasteiger partial charge < -0.3 is 20.0 Å². The zero-order valence-electron chi connectivity index (χ0n) is 22.2. The van der Waals surface area contributed by atoms with E-state index in [9.17, 15) is 35.5 Å². The number of hydrogen-bond donors (Lipinski definition) is 2. The van der Waals surface area contributed by atoms with Gasteiger partial charge in [0.05, 0.1) is 36.7 Å². The van der Waals surface area contributed by atoms with E-state index < -0.39 is 60.5 Å². The Kier molecular flexibility index (Phi) is 6.75. The minimum absolute atomic E-state index is 0.0387. The highest BCUT2D eigenvalue weighted by Gasteiger charge is 2.51. The summed E-state index contributed by atoms with van der Waals surface area (Å²) in [5.74, 6) is -7.54. The largest absolute Gasteiger partial charge is 0.410 e. The summed E-state index contributed by atoms with van der Waals surface area (Å²) in [6.07, 6.45) is -0.630. The van der Waals surface area contributed by atoms with E-state index in [0.717, 1.165) is 12.8 Å². The molecule has 2 aliphatic carbocycles. The Morgan fingerprint density at radius 3 is 2.40 bits per heavy atom. The van der Waals surface area contributed by atoms with Crippen LogP contribution < -0.4 is 10.6 Å². The second-order valence-corrected chi connectivity index (χ2v) is 11.4. The maximum absolute atomic E-state index is 13.9. The van der Waals surface area contributed by atoms with E-state index >= 15 is 0 Å². The average Bonchev–Trinajstić information content (AvgIpc) is 3.27. The van der Waals surface area contributed by atoms with Gasteiger partial charge in [-0.25, -0.2) is 23.1 Å². The SMILES string of the molecule is CC(F)(F)c1nnc(N[C@H](c2cn3ncc([C@@H](C4CC4)N4C[C@@H](C(F)(F)F)NC4=O)cc3n2)C2CCC(F)(F)CC2)o1. The minimum Gasteiger partial charge on any atom is -0.402 e. The van der Waals surface area contributed by atoms with E-state index in [2.05, 4.69) is 25.6 Å². The van der Waals surface area contributed by atoms with Gasteiger partial charge in [-0.05, 0) is 49.1 Å². The fraction of sp³-hybridized carbons (Fsp3) is 0.640. The zero-order chi connectivity index (χ0) is 30.0. The summed E-state index contributed by atoms with van der Waals surface area (Å²) in [4.78, 5) is 18.3. The number of alkyl halides is 7. The third kappa shape index (κ3) is 5.69. The summed E-state index contributed by atoms with van der Waals surface area (Å²) < 4.78 is 102. The molecule has 42 heavy (non-hydrogen) atoms. The van der Waals surface area contributed by atoms with Crippen LogP contribution in [0, 0.1) is 11.8 Å². The molecule has 10 nitrogen and oxygen atoms in total. The first-order valence-electron chi connectivity index (χ1n) is 13.5. The van der Waals surface area contributed by atoms with E-state index in [1.165, 1.54) is 15.6 Å². The summed E-state index contributed by atoms with van der Waals surface area (Å²) in [5, 5.41) is 16.3. The average molecular weight is 605 g/mol. The molecule has 0 radical (unpaired) electrons. The number of amides is 2. The quantitative estimate of drug-likeness (QED) is 0.322. The zero-order valence-corrected chi connectivity index (χ0v) is 22.2. The molecule has 3 aromatic heterocycles. The number of nitrogens with one attached hydrogen (secondary N) is 2. The van der Waals surface area contributed by atoms with Crippen LogP contribution in [0.5, 0.6) is 0 Å². The molecule has 3 fully saturated rings. The second-order valence-electron chi connectivity index (χ2n) is 11.4. The molecule has 1 saturated heterocycles. The number of hydrogen-bond acceptors (Lipinski definition) is 7. The number of imidazole rings is 1. The highest BCUT2D eigenvalue weighted by molar-refractivity contribution is 5.78. The summed E-state index contributed by atoms with van der Waals surface area (Å²) in [7, 11) is 0. The lowest BCUT2D eigenvalue weighted by atomic mass is 9.81. The maximum Gasteiger partial charge on any atom is 0.410 e. The van der Waals surface area contributed by atoms with Gasteiger partial charge in [0.1, 0.15) is 6.04 Å². The van der Waals surface area contributed by atoms with Crippen molar-refractivity contribution < 1.29 is 39.9 Å². The number of rotatable bonds is 8. The predicted molar refractivity (Wildman–Crippen MR) is 131 cm³/mol. The Hall–Kier alpha value is -3.66. The Morgan fingerprint density at radius 1 is 1.10 bits per heavy atom. The van der Waals surface area contributed by atoms with Crippen molar-refractivity contribution in [3.05, 3.63) is 35.6 Å². The summed E-state index contributed by atoms with van der Waals surface area (Å²) in [5.41, 5.74) is 1.16. The topological polar surface area (TPSA) is 113 Å². The molecule has 3 atom stereocenters. The molecule has 3 aromatic rings. The fourth-order valence-corrected chi connectivity index (χ4v) is 5.74. The summed E-state index contributed by atoms with van der Waals surface area (Å²) >= 11 is 0. The molecule has 0 aromatic carbocycles. The first kappa shape index (κ1) is 28.5. The van der Waals surface area contributed by atoms with Crippen LogP contribution in [0.4, 0.5) is 41.5 Å². The Morgan fingerprint density at radius 2 is 1.81 bits per heavy atom. The molecule has 0 unspecified atom stereocenters. The van der Waals surface area contributed by atoms with Crippen LogP contribution in [0.1, 0.15) is 74.7 Å². The van der Waals surface area contributed by atoms with Crippen molar-refractivity contribution in [2.45, 2.75) is 81.6 Å². The van der Waals surface area contributed by atoms with Gasteiger partial charge in [-0.1, -0.05) is 5.10 Å². The normalized spacial score (nSPS) is 23.3. The van der Waals surface area contributed by atoms with E-state index in [-0.39, 0.29) is 37.6 Å². The second kappa shape index (κ2) is 9.97. The molecular weight excluding hydrogens is 577 g/mol. The smallest absolute Gasteiger partial charge is 0.402 e. The Bertz CT molecular complexity index is 1450. The van der Waals surface area contributed by atoms with Gasteiger partial charge in [0.2, 0.25) is 5.92 Å². The van der Waals surface area contributed by atoms with E-state index in [4.69, 9.17) is 4.42 Å². The van der Waals surface area contributed by atoms with Crippen molar-refractivity contribution in [3.8, 4) is 0 Å². The van der Waals surface area contributed by atoms with Crippen LogP contribution in [0.15, 0.2) is 22.9 Å². The van der Waals surface area contributed by atoms with Gasteiger partial charge in [0.15, 0.2) is 5.65 Å². The molecule has 2 amide bonds. The monoisotopic (exact) mass is 604 g/mol. The molecule has 2 N–H and O–H groups in total. The van der Waals surface area contributed by atoms with E-state index in [0.29, 0.717) is 23.8 Å². The van der Waals surface area contributed by atoms with Gasteiger partial charge in [-0.2, -0.15) is 27.1 Å². The van der Waals surface area contributed by atoms with Crippen molar-refractivity contribution >= 4 is 17.7 Å². The lowest BCUT2D eigenvalue weighted by Gasteiger charge is -2.33. The Labute approximate surface area is 234 Å². The van der Waals surface area contributed by atoms with Crippen LogP contribution in [0.25, 0.3) is 5.65 Å². The first-order chi connectivity index (χ1) is 19.7. The lowest BCUT2D eigenvalue weighted by Crippen LogP contribution is -2.40. The molecule has 228 valence electrons. The van der Waals surface area contributed by atoms with Crippen molar-refractivity contribution in [3.63, 3.8) is 0 Å². The van der Waals surface area contributed by atoms with E-state index in [1.807, 2.05) is 5.32 Å². The first-order valence-corrected chi connectivity index (χ1v) is 13.5. The van der Waals surface area contributed by atoms with Crippen LogP contribution in [0.3, 0.4) is 0 Å². The Balaban J connectivity index is 1.30. The van der Waals surface area contributed by atoms with Crippen molar-refractivity contribution in [1.29, 1.82) is 0 Å². The third-order valence-corrected chi connectivity index (χ3v) is 8.07. The van der Waals surface area contributed by atoms with Crippen LogP contribution in [0.2, 0.25) is 0 Å². The predicted octanol–water partition coefficient (Wildman–Crippen LogP) is 5.61. The van der Waals surface area contributed by atoms with Gasteiger partial charge >= 0.3 is 24.1 Å². The summed E-state index contributed by atoms with van der Waals surface area (Å²) in [6.45, 7) is 0.0654. The minimum atomic E-state index is -4.59. The molecule has 6 rings (SSSR count). The molecule has 4 heterocycles. The van der Waals surface area contributed by atoms with Crippen LogP contribution in [-0.2, 0) is 5.92 Å². The lowest BCUT2D eigenvalue weighted by molar-refractivity contribution is -0.150. The molecule has 17 heteroatoms. The number of fused-ring (bicyclic) bond motifs is 1. The molecule has 0 bridgehead atoms. The van der Waals surface area contributed by atoms with Gasteiger partial charge in [-0.15, -0.1) is 5.10 Å². The third-order valence-electron chi connectivity index (χ3n) is 8.07. The molecule has 1 aliphatic heterocycles. The van der Waals surface area contributed by atoms with E-state index in [1.54, 1.807) is 12.3 Å². The van der Waals surface area contributed by atoms with Gasteiger partial charge in [0, 0.05) is 19.8 Å². The number of anilines is 1. The summed E-state index contributed by atoms with van der Waals surface area (Å²) in [6, 6.07) is -2.91. The highest BCUT2D eigenvalue weighted by atomic mass is 19.4. The van der Waals surface area contributed by atoms with Crippen molar-refractivity contribution in [2.24, 2.45) is 11.8 Å².